The molecule has 70 valence electrons. The SMILES string of the molecule is O=C(O)C(I)(I)Oc1ccccc1. The fourth-order valence-corrected chi connectivity index (χ4v) is 1.19. The van der Waals surface area contributed by atoms with Crippen LogP contribution in [-0.4, -0.2) is 12.7 Å². The predicted octanol–water partition coefficient (Wildman–Crippen LogP) is 2.67. The summed E-state index contributed by atoms with van der Waals surface area (Å²) in [6, 6.07) is 8.86. The van der Waals surface area contributed by atoms with Crippen molar-refractivity contribution in [2.45, 2.75) is 1.61 Å². The van der Waals surface area contributed by atoms with Crippen LogP contribution < -0.4 is 4.74 Å². The molecule has 0 saturated carbocycles. The van der Waals surface area contributed by atoms with E-state index in [0.717, 1.165) is 0 Å². The minimum Gasteiger partial charge on any atom is -0.477 e. The minimum atomic E-state index is -1.24. The highest BCUT2D eigenvalue weighted by Crippen LogP contribution is 2.31. The summed E-state index contributed by atoms with van der Waals surface area (Å²) in [5.41, 5.74) is 0. The van der Waals surface area contributed by atoms with Gasteiger partial charge in [0.2, 0.25) is 0 Å². The van der Waals surface area contributed by atoms with Crippen LogP contribution in [0.3, 0.4) is 0 Å². The number of carbonyl (C=O) groups is 1. The average molecular weight is 404 g/mol. The molecular weight excluding hydrogens is 398 g/mol. The van der Waals surface area contributed by atoms with Crippen LogP contribution in [0.1, 0.15) is 0 Å². The zero-order valence-corrected chi connectivity index (χ0v) is 10.7. The summed E-state index contributed by atoms with van der Waals surface area (Å²) in [6.45, 7) is 0. The highest BCUT2D eigenvalue weighted by molar-refractivity contribution is 14.2. The Kier molecular flexibility index (Phi) is 3.77. The number of aliphatic carboxylic acids is 1. The van der Waals surface area contributed by atoms with Gasteiger partial charge >= 0.3 is 7.58 Å². The van der Waals surface area contributed by atoms with E-state index in [0.29, 0.717) is 5.75 Å². The second-order valence-electron chi connectivity index (χ2n) is 2.24. The molecule has 0 unspecified atom stereocenters. The molecule has 0 fully saturated rings. The van der Waals surface area contributed by atoms with E-state index in [4.69, 9.17) is 9.84 Å². The first-order valence-corrected chi connectivity index (χ1v) is 5.53. The number of benzene rings is 1. The number of para-hydroxylation sites is 1. The monoisotopic (exact) mass is 404 g/mol. The van der Waals surface area contributed by atoms with Crippen molar-refractivity contribution in [2.75, 3.05) is 0 Å². The highest BCUT2D eigenvalue weighted by Gasteiger charge is 2.34. The van der Waals surface area contributed by atoms with Gasteiger partial charge in [-0.15, -0.1) is 0 Å². The van der Waals surface area contributed by atoms with E-state index in [9.17, 15) is 4.79 Å². The second-order valence-corrected chi connectivity index (χ2v) is 7.34. The third kappa shape index (κ3) is 3.29. The van der Waals surface area contributed by atoms with Crippen LogP contribution in [0.25, 0.3) is 0 Å². The standard InChI is InChI=1S/C8H6I2O3/c9-8(10,7(11)12)13-6-4-2-1-3-5-6/h1-5H,(H,11,12). The van der Waals surface area contributed by atoms with Crippen molar-refractivity contribution < 1.29 is 14.6 Å². The first-order valence-electron chi connectivity index (χ1n) is 3.37. The van der Waals surface area contributed by atoms with Gasteiger partial charge in [0.1, 0.15) is 5.75 Å². The minimum absolute atomic E-state index is 0.550. The number of alkyl halides is 2. The lowest BCUT2D eigenvalue weighted by Crippen LogP contribution is -2.30. The molecule has 1 aromatic carbocycles. The Balaban J connectivity index is 2.75. The van der Waals surface area contributed by atoms with Crippen molar-refractivity contribution in [1.29, 1.82) is 0 Å². The third-order valence-corrected chi connectivity index (χ3v) is 2.60. The van der Waals surface area contributed by atoms with Gasteiger partial charge in [0.15, 0.2) is 0 Å². The number of hydrogen-bond donors (Lipinski definition) is 1. The van der Waals surface area contributed by atoms with Crippen LogP contribution in [0.4, 0.5) is 0 Å². The van der Waals surface area contributed by atoms with Crippen molar-refractivity contribution in [3.63, 3.8) is 0 Å². The number of rotatable bonds is 3. The summed E-state index contributed by atoms with van der Waals surface area (Å²) in [5, 5.41) is 8.76. The predicted molar refractivity (Wildman–Crippen MR) is 65.5 cm³/mol. The molecule has 0 bridgehead atoms. The number of hydrogen-bond acceptors (Lipinski definition) is 2. The fourth-order valence-electron chi connectivity index (χ4n) is 0.680. The number of carboxylic acids is 1. The highest BCUT2D eigenvalue weighted by atomic mass is 127. The molecule has 1 N–H and O–H groups in total. The lowest BCUT2D eigenvalue weighted by molar-refractivity contribution is -0.141. The molecule has 1 aromatic rings. The van der Waals surface area contributed by atoms with Crippen molar-refractivity contribution in [3.8, 4) is 5.75 Å². The van der Waals surface area contributed by atoms with Crippen LogP contribution in [0.15, 0.2) is 30.3 Å². The summed E-state index contributed by atoms with van der Waals surface area (Å²) in [5.74, 6) is -0.453. The van der Waals surface area contributed by atoms with E-state index >= 15 is 0 Å². The normalized spacial score (nSPS) is 10.9. The molecule has 5 heteroatoms. The van der Waals surface area contributed by atoms with E-state index in [-0.39, 0.29) is 0 Å². The van der Waals surface area contributed by atoms with Crippen molar-refractivity contribution >= 4 is 51.2 Å². The lowest BCUT2D eigenvalue weighted by atomic mass is 10.3. The van der Waals surface area contributed by atoms with Crippen LogP contribution in [0.5, 0.6) is 5.75 Å². The maximum absolute atomic E-state index is 10.7. The van der Waals surface area contributed by atoms with E-state index in [1.54, 1.807) is 69.4 Å². The van der Waals surface area contributed by atoms with Gasteiger partial charge in [-0.2, -0.15) is 0 Å². The van der Waals surface area contributed by atoms with E-state index < -0.39 is 7.58 Å². The Morgan fingerprint density at radius 3 is 2.31 bits per heavy atom. The molecule has 0 radical (unpaired) electrons. The largest absolute Gasteiger partial charge is 0.477 e. The fraction of sp³-hybridized carbons (Fsp3) is 0.125. The lowest BCUT2D eigenvalue weighted by Gasteiger charge is -2.17. The van der Waals surface area contributed by atoms with Gasteiger partial charge in [-0.3, -0.25) is 0 Å². The molecule has 13 heavy (non-hydrogen) atoms. The maximum atomic E-state index is 10.7. The van der Waals surface area contributed by atoms with Gasteiger partial charge in [0.25, 0.3) is 0 Å². The smallest absolute Gasteiger partial charge is 0.369 e. The zero-order chi connectivity index (χ0) is 9.90. The van der Waals surface area contributed by atoms with Crippen LogP contribution in [-0.2, 0) is 4.79 Å². The quantitative estimate of drug-likeness (QED) is 0.623. The molecule has 0 amide bonds. The van der Waals surface area contributed by atoms with E-state index in [1.807, 2.05) is 6.07 Å². The molecule has 0 spiro atoms. The Labute approximate surface area is 103 Å². The van der Waals surface area contributed by atoms with Gasteiger partial charge in [0, 0.05) is 0 Å². The van der Waals surface area contributed by atoms with E-state index in [2.05, 4.69) is 0 Å². The number of ether oxygens (including phenoxy) is 1. The molecule has 0 heterocycles. The molecule has 0 aliphatic carbocycles. The molecule has 0 atom stereocenters. The Hall–Kier alpha value is -0.0500. The zero-order valence-electron chi connectivity index (χ0n) is 6.41. The summed E-state index contributed by atoms with van der Waals surface area (Å²) in [6.07, 6.45) is 0. The van der Waals surface area contributed by atoms with Crippen LogP contribution in [0, 0.1) is 0 Å². The van der Waals surface area contributed by atoms with Gasteiger partial charge in [0.05, 0.1) is 0 Å². The maximum Gasteiger partial charge on any atom is 0.369 e. The van der Waals surface area contributed by atoms with E-state index in [1.165, 1.54) is 0 Å². The topological polar surface area (TPSA) is 46.5 Å². The van der Waals surface area contributed by atoms with Gasteiger partial charge in [-0.05, 0) is 57.3 Å². The number of carboxylic acid groups (broad SMARTS) is 1. The molecular formula is C8H6I2O3. The molecule has 1 rings (SSSR count). The summed E-state index contributed by atoms with van der Waals surface area (Å²) in [7, 11) is 0. The first-order chi connectivity index (χ1) is 6.02. The Morgan fingerprint density at radius 2 is 1.85 bits per heavy atom. The molecule has 0 aliphatic rings. The van der Waals surface area contributed by atoms with Gasteiger partial charge in [-0.1, -0.05) is 18.2 Å². The van der Waals surface area contributed by atoms with Crippen molar-refractivity contribution in [3.05, 3.63) is 30.3 Å². The van der Waals surface area contributed by atoms with Crippen molar-refractivity contribution in [1.82, 2.24) is 0 Å². The molecule has 0 aliphatic heterocycles. The van der Waals surface area contributed by atoms with Gasteiger partial charge < -0.3 is 9.84 Å². The number of halogens is 2. The summed E-state index contributed by atoms with van der Waals surface area (Å²) in [4.78, 5) is 10.7. The summed E-state index contributed by atoms with van der Waals surface area (Å²) >= 11 is 3.47. The van der Waals surface area contributed by atoms with Gasteiger partial charge in [-0.25, -0.2) is 4.79 Å². The average Bonchev–Trinajstić information content (AvgIpc) is 2.05. The molecule has 3 nitrogen and oxygen atoms in total. The Bertz CT molecular complexity index is 298. The summed E-state index contributed by atoms with van der Waals surface area (Å²) < 4.78 is 4.00. The van der Waals surface area contributed by atoms with Crippen LogP contribution >= 0.6 is 45.2 Å². The second kappa shape index (κ2) is 4.45. The molecule has 0 saturated heterocycles. The van der Waals surface area contributed by atoms with Crippen molar-refractivity contribution in [2.24, 2.45) is 0 Å². The molecule has 0 aromatic heterocycles. The van der Waals surface area contributed by atoms with Crippen LogP contribution in [0.2, 0.25) is 0 Å². The first kappa shape index (κ1) is 11.0. The third-order valence-electron chi connectivity index (χ3n) is 1.24. The Morgan fingerprint density at radius 1 is 1.31 bits per heavy atom.